The zero-order valence-electron chi connectivity index (χ0n) is 11.2. The predicted octanol–water partition coefficient (Wildman–Crippen LogP) is 1.29. The number of carboxylic acids is 1. The van der Waals surface area contributed by atoms with Crippen LogP contribution >= 0.6 is 11.6 Å². The van der Waals surface area contributed by atoms with Crippen molar-refractivity contribution in [3.8, 4) is 0 Å². The van der Waals surface area contributed by atoms with Gasteiger partial charge in [-0.2, -0.15) is 0 Å². The molecule has 21 heavy (non-hydrogen) atoms. The van der Waals surface area contributed by atoms with Gasteiger partial charge in [0.25, 0.3) is 5.91 Å². The van der Waals surface area contributed by atoms with Gasteiger partial charge >= 0.3 is 5.97 Å². The maximum atomic E-state index is 12.2. The van der Waals surface area contributed by atoms with E-state index in [-0.39, 0.29) is 18.1 Å². The fourth-order valence-corrected chi connectivity index (χ4v) is 2.00. The Morgan fingerprint density at radius 1 is 1.43 bits per heavy atom. The van der Waals surface area contributed by atoms with Gasteiger partial charge in [-0.3, -0.25) is 9.59 Å². The van der Waals surface area contributed by atoms with E-state index in [2.05, 4.69) is 10.3 Å². The van der Waals surface area contributed by atoms with Gasteiger partial charge in [0, 0.05) is 18.6 Å². The van der Waals surface area contributed by atoms with Crippen molar-refractivity contribution < 1.29 is 14.7 Å². The average Bonchev–Trinajstić information content (AvgIpc) is 2.85. The summed E-state index contributed by atoms with van der Waals surface area (Å²) in [7, 11) is 1.62. The zero-order chi connectivity index (χ0) is 15.4. The first-order valence-electron chi connectivity index (χ1n) is 6.07. The van der Waals surface area contributed by atoms with E-state index in [1.807, 2.05) is 6.07 Å². The Morgan fingerprint density at radius 3 is 2.86 bits per heavy atom. The molecule has 0 radical (unpaired) electrons. The second-order valence-electron chi connectivity index (χ2n) is 4.49. The van der Waals surface area contributed by atoms with Crippen molar-refractivity contribution in [1.82, 2.24) is 19.9 Å². The van der Waals surface area contributed by atoms with Gasteiger partial charge in [0.15, 0.2) is 5.69 Å². The molecular weight excluding hydrogens is 296 g/mol. The lowest BCUT2D eigenvalue weighted by Gasteiger charge is -2.15. The quantitative estimate of drug-likeness (QED) is 0.899. The van der Waals surface area contributed by atoms with Crippen LogP contribution in [0.15, 0.2) is 30.5 Å². The first kappa shape index (κ1) is 15.0. The van der Waals surface area contributed by atoms with Crippen LogP contribution in [-0.2, 0) is 17.9 Å². The zero-order valence-corrected chi connectivity index (χ0v) is 12.0. The Labute approximate surface area is 125 Å². The van der Waals surface area contributed by atoms with Gasteiger partial charge in [0.05, 0.1) is 6.20 Å². The predicted molar refractivity (Wildman–Crippen MR) is 74.9 cm³/mol. The van der Waals surface area contributed by atoms with Crippen LogP contribution in [0, 0.1) is 0 Å². The molecule has 0 aliphatic rings. The lowest BCUT2D eigenvalue weighted by atomic mass is 10.2. The van der Waals surface area contributed by atoms with Crippen molar-refractivity contribution >= 4 is 23.5 Å². The average molecular weight is 309 g/mol. The molecule has 0 aliphatic carbocycles. The van der Waals surface area contributed by atoms with Crippen LogP contribution < -0.4 is 0 Å². The van der Waals surface area contributed by atoms with E-state index in [1.165, 1.54) is 11.1 Å². The minimum Gasteiger partial charge on any atom is -0.480 e. The highest BCUT2D eigenvalue weighted by Gasteiger charge is 2.16. The summed E-state index contributed by atoms with van der Waals surface area (Å²) in [5, 5.41) is 16.5. The molecule has 0 unspecified atom stereocenters. The number of rotatable bonds is 5. The third-order valence-electron chi connectivity index (χ3n) is 2.71. The van der Waals surface area contributed by atoms with Gasteiger partial charge in [0.2, 0.25) is 0 Å². The van der Waals surface area contributed by atoms with Crippen molar-refractivity contribution in [2.45, 2.75) is 13.1 Å². The Morgan fingerprint density at radius 2 is 2.19 bits per heavy atom. The summed E-state index contributed by atoms with van der Waals surface area (Å²) < 4.78 is 1.10. The molecule has 0 spiro atoms. The number of benzene rings is 1. The molecule has 1 aromatic heterocycles. The number of carbonyl (C=O) groups excluding carboxylic acids is 1. The minimum absolute atomic E-state index is 0.0979. The molecule has 0 aliphatic heterocycles. The molecule has 0 saturated heterocycles. The second kappa shape index (κ2) is 6.36. The van der Waals surface area contributed by atoms with Gasteiger partial charge < -0.3 is 10.0 Å². The first-order chi connectivity index (χ1) is 9.95. The number of aliphatic carboxylic acids is 1. The second-order valence-corrected chi connectivity index (χ2v) is 4.92. The smallest absolute Gasteiger partial charge is 0.325 e. The van der Waals surface area contributed by atoms with E-state index in [4.69, 9.17) is 16.7 Å². The largest absolute Gasteiger partial charge is 0.480 e. The Hall–Kier alpha value is -2.41. The van der Waals surface area contributed by atoms with Gasteiger partial charge in [0.1, 0.15) is 6.54 Å². The SMILES string of the molecule is CN(Cc1cccc(Cl)c1)C(=O)c1cn(CC(=O)O)nn1. The molecule has 1 aromatic carbocycles. The lowest BCUT2D eigenvalue weighted by Crippen LogP contribution is -2.26. The highest BCUT2D eigenvalue weighted by Crippen LogP contribution is 2.13. The van der Waals surface area contributed by atoms with Crippen LogP contribution in [0.5, 0.6) is 0 Å². The molecule has 1 N–H and O–H groups in total. The Kier molecular flexibility index (Phi) is 4.54. The first-order valence-corrected chi connectivity index (χ1v) is 6.45. The van der Waals surface area contributed by atoms with E-state index < -0.39 is 5.97 Å². The minimum atomic E-state index is -1.05. The topological polar surface area (TPSA) is 88.3 Å². The number of amides is 1. The van der Waals surface area contributed by atoms with E-state index in [0.29, 0.717) is 11.6 Å². The van der Waals surface area contributed by atoms with Crippen molar-refractivity contribution in [3.63, 3.8) is 0 Å². The molecule has 1 heterocycles. The number of halogens is 1. The molecule has 2 rings (SSSR count). The van der Waals surface area contributed by atoms with Gasteiger partial charge in [-0.25, -0.2) is 4.68 Å². The highest BCUT2D eigenvalue weighted by atomic mass is 35.5. The lowest BCUT2D eigenvalue weighted by molar-refractivity contribution is -0.137. The van der Waals surface area contributed by atoms with Crippen LogP contribution in [0.4, 0.5) is 0 Å². The van der Waals surface area contributed by atoms with Crippen LogP contribution in [0.3, 0.4) is 0 Å². The van der Waals surface area contributed by atoms with Crippen LogP contribution in [0.2, 0.25) is 5.02 Å². The van der Waals surface area contributed by atoms with Crippen LogP contribution in [-0.4, -0.2) is 43.9 Å². The molecule has 0 fully saturated rings. The fourth-order valence-electron chi connectivity index (χ4n) is 1.79. The van der Waals surface area contributed by atoms with Gasteiger partial charge in [-0.1, -0.05) is 28.9 Å². The molecule has 2 aromatic rings. The monoisotopic (exact) mass is 308 g/mol. The molecular formula is C13H13ClN4O3. The van der Waals surface area contributed by atoms with E-state index in [9.17, 15) is 9.59 Å². The number of aromatic nitrogens is 3. The van der Waals surface area contributed by atoms with E-state index in [0.717, 1.165) is 10.2 Å². The summed E-state index contributed by atoms with van der Waals surface area (Å²) in [6, 6.07) is 7.19. The number of hydrogen-bond donors (Lipinski definition) is 1. The number of nitrogens with zero attached hydrogens (tertiary/aromatic N) is 4. The Bertz CT molecular complexity index is 671. The maximum Gasteiger partial charge on any atom is 0.325 e. The third-order valence-corrected chi connectivity index (χ3v) is 2.95. The number of carboxylic acid groups (broad SMARTS) is 1. The number of hydrogen-bond acceptors (Lipinski definition) is 4. The van der Waals surface area contributed by atoms with Gasteiger partial charge in [-0.05, 0) is 17.7 Å². The fraction of sp³-hybridized carbons (Fsp3) is 0.231. The van der Waals surface area contributed by atoms with E-state index in [1.54, 1.807) is 25.2 Å². The summed E-state index contributed by atoms with van der Waals surface area (Å²) in [5.74, 6) is -1.39. The summed E-state index contributed by atoms with van der Waals surface area (Å²) in [5.41, 5.74) is 0.983. The molecule has 7 nitrogen and oxygen atoms in total. The summed E-state index contributed by atoms with van der Waals surface area (Å²) >= 11 is 5.89. The highest BCUT2D eigenvalue weighted by molar-refractivity contribution is 6.30. The summed E-state index contributed by atoms with van der Waals surface area (Å²) in [6.45, 7) is 0.0312. The molecule has 110 valence electrons. The van der Waals surface area contributed by atoms with E-state index >= 15 is 0 Å². The Balaban J connectivity index is 2.05. The standard InChI is InChI=1S/C13H13ClN4O3/c1-17(6-9-3-2-4-10(14)5-9)13(21)11-7-18(16-15-11)8-12(19)20/h2-5,7H,6,8H2,1H3,(H,19,20). The van der Waals surface area contributed by atoms with Crippen molar-refractivity contribution in [2.24, 2.45) is 0 Å². The molecule has 0 bridgehead atoms. The van der Waals surface area contributed by atoms with Crippen LogP contribution in [0.1, 0.15) is 16.1 Å². The van der Waals surface area contributed by atoms with Crippen LogP contribution in [0.25, 0.3) is 0 Å². The summed E-state index contributed by atoms with van der Waals surface area (Å²) in [6.07, 6.45) is 1.31. The van der Waals surface area contributed by atoms with Crippen molar-refractivity contribution in [2.75, 3.05) is 7.05 Å². The summed E-state index contributed by atoms with van der Waals surface area (Å²) in [4.78, 5) is 24.2. The third kappa shape index (κ3) is 4.03. The molecule has 1 amide bonds. The van der Waals surface area contributed by atoms with Crippen molar-refractivity contribution in [1.29, 1.82) is 0 Å². The molecule has 0 saturated carbocycles. The maximum absolute atomic E-state index is 12.2. The molecule has 8 heteroatoms. The van der Waals surface area contributed by atoms with Gasteiger partial charge in [-0.15, -0.1) is 5.10 Å². The normalized spacial score (nSPS) is 10.4. The number of carbonyl (C=O) groups is 2. The molecule has 0 atom stereocenters. The van der Waals surface area contributed by atoms with Crippen molar-refractivity contribution in [3.05, 3.63) is 46.7 Å².